The fraction of sp³-hybridized carbons (Fsp3) is 0.750. The van der Waals surface area contributed by atoms with Gasteiger partial charge in [0.2, 0.25) is 0 Å². The fourth-order valence-electron chi connectivity index (χ4n) is 0.662. The molecule has 0 amide bonds. The summed E-state index contributed by atoms with van der Waals surface area (Å²) in [6.45, 7) is 5.68. The Labute approximate surface area is 63.3 Å². The van der Waals surface area contributed by atoms with E-state index in [1.807, 2.05) is 26.1 Å². The zero-order chi connectivity index (χ0) is 7.82. The lowest BCUT2D eigenvalue weighted by atomic mass is 10.4. The molecule has 0 aromatic heterocycles. The largest absolute Gasteiger partial charge is 0.373 e. The highest BCUT2D eigenvalue weighted by molar-refractivity contribution is 4.76. The van der Waals surface area contributed by atoms with Crippen molar-refractivity contribution in [3.05, 3.63) is 12.2 Å². The third-order valence-corrected chi connectivity index (χ3v) is 1.20. The van der Waals surface area contributed by atoms with Gasteiger partial charge in [-0.3, -0.25) is 0 Å². The Morgan fingerprint density at radius 2 is 2.30 bits per heavy atom. The van der Waals surface area contributed by atoms with E-state index in [9.17, 15) is 0 Å². The maximum absolute atomic E-state index is 5.37. The summed E-state index contributed by atoms with van der Waals surface area (Å²) in [5.41, 5.74) is 0. The molecule has 0 fully saturated rings. The Morgan fingerprint density at radius 3 is 2.80 bits per heavy atom. The molecular formula is C8H17NO. The summed E-state index contributed by atoms with van der Waals surface area (Å²) >= 11 is 0. The average molecular weight is 143 g/mol. The maximum Gasteiger partial charge on any atom is 0.0675 e. The van der Waals surface area contributed by atoms with E-state index in [4.69, 9.17) is 4.74 Å². The molecule has 2 nitrogen and oxygen atoms in total. The first-order chi connectivity index (χ1) is 4.81. The molecule has 0 aromatic carbocycles. The van der Waals surface area contributed by atoms with Crippen molar-refractivity contribution in [2.45, 2.75) is 20.0 Å². The zero-order valence-electron chi connectivity index (χ0n) is 7.05. The van der Waals surface area contributed by atoms with E-state index in [2.05, 4.69) is 12.2 Å². The average Bonchev–Trinajstić information content (AvgIpc) is 1.89. The van der Waals surface area contributed by atoms with E-state index in [1.165, 1.54) is 0 Å². The summed E-state index contributed by atoms with van der Waals surface area (Å²) < 4.78 is 5.37. The molecule has 2 heteroatoms. The first-order valence-electron chi connectivity index (χ1n) is 3.68. The standard InChI is InChI=1S/C8H17NO/c1-4-5-6-10-8(2)7-9-3/h4-5,8-9H,6-7H2,1-3H3. The summed E-state index contributed by atoms with van der Waals surface area (Å²) in [6, 6.07) is 0. The third kappa shape index (κ3) is 5.79. The van der Waals surface area contributed by atoms with Gasteiger partial charge in [0, 0.05) is 6.54 Å². The minimum absolute atomic E-state index is 0.307. The fourth-order valence-corrected chi connectivity index (χ4v) is 0.662. The quantitative estimate of drug-likeness (QED) is 0.584. The van der Waals surface area contributed by atoms with Gasteiger partial charge in [-0.25, -0.2) is 0 Å². The van der Waals surface area contributed by atoms with Gasteiger partial charge in [-0.2, -0.15) is 0 Å². The van der Waals surface area contributed by atoms with Crippen LogP contribution in [0, 0.1) is 0 Å². The van der Waals surface area contributed by atoms with Crippen LogP contribution < -0.4 is 5.32 Å². The molecule has 1 atom stereocenters. The second-order valence-electron chi connectivity index (χ2n) is 2.27. The van der Waals surface area contributed by atoms with Crippen molar-refractivity contribution in [1.82, 2.24) is 5.32 Å². The predicted octanol–water partition coefficient (Wildman–Crippen LogP) is 1.19. The molecule has 0 aliphatic heterocycles. The van der Waals surface area contributed by atoms with Gasteiger partial charge in [0.1, 0.15) is 0 Å². The lowest BCUT2D eigenvalue weighted by Crippen LogP contribution is -2.23. The summed E-state index contributed by atoms with van der Waals surface area (Å²) in [5, 5.41) is 3.05. The van der Waals surface area contributed by atoms with Crippen molar-refractivity contribution >= 4 is 0 Å². The normalized spacial score (nSPS) is 14.3. The number of likely N-dealkylation sites (N-methyl/N-ethyl adjacent to an activating group) is 1. The van der Waals surface area contributed by atoms with Gasteiger partial charge in [0.05, 0.1) is 12.7 Å². The highest BCUT2D eigenvalue weighted by atomic mass is 16.5. The Hall–Kier alpha value is -0.340. The highest BCUT2D eigenvalue weighted by Gasteiger charge is 1.95. The predicted molar refractivity (Wildman–Crippen MR) is 44.2 cm³/mol. The van der Waals surface area contributed by atoms with Crippen LogP contribution in [0.15, 0.2) is 12.2 Å². The van der Waals surface area contributed by atoms with Crippen LogP contribution >= 0.6 is 0 Å². The summed E-state index contributed by atoms with van der Waals surface area (Å²) in [5.74, 6) is 0. The third-order valence-electron chi connectivity index (χ3n) is 1.20. The summed E-state index contributed by atoms with van der Waals surface area (Å²) in [6.07, 6.45) is 4.30. The van der Waals surface area contributed by atoms with Gasteiger partial charge in [0.15, 0.2) is 0 Å². The van der Waals surface area contributed by atoms with Crippen molar-refractivity contribution in [1.29, 1.82) is 0 Å². The monoisotopic (exact) mass is 143 g/mol. The first-order valence-corrected chi connectivity index (χ1v) is 3.68. The Kier molecular flexibility index (Phi) is 6.55. The van der Waals surface area contributed by atoms with Crippen LogP contribution in [-0.2, 0) is 4.74 Å². The number of ether oxygens (including phenoxy) is 1. The number of hydrogen-bond acceptors (Lipinski definition) is 2. The smallest absolute Gasteiger partial charge is 0.0675 e. The van der Waals surface area contributed by atoms with E-state index >= 15 is 0 Å². The van der Waals surface area contributed by atoms with E-state index in [0.717, 1.165) is 13.2 Å². The second kappa shape index (κ2) is 6.78. The molecule has 0 aliphatic carbocycles. The molecule has 0 rings (SSSR count). The molecule has 0 aromatic rings. The van der Waals surface area contributed by atoms with Gasteiger partial charge in [-0.05, 0) is 20.9 Å². The van der Waals surface area contributed by atoms with Crippen LogP contribution in [0.4, 0.5) is 0 Å². The van der Waals surface area contributed by atoms with Gasteiger partial charge in [-0.1, -0.05) is 12.2 Å². The topological polar surface area (TPSA) is 21.3 Å². The molecule has 10 heavy (non-hydrogen) atoms. The molecule has 0 aliphatic rings. The van der Waals surface area contributed by atoms with Gasteiger partial charge in [-0.15, -0.1) is 0 Å². The van der Waals surface area contributed by atoms with Crippen molar-refractivity contribution in [3.8, 4) is 0 Å². The van der Waals surface area contributed by atoms with Crippen molar-refractivity contribution in [2.75, 3.05) is 20.2 Å². The minimum Gasteiger partial charge on any atom is -0.373 e. The maximum atomic E-state index is 5.37. The molecule has 60 valence electrons. The van der Waals surface area contributed by atoms with Gasteiger partial charge in [0.25, 0.3) is 0 Å². The van der Waals surface area contributed by atoms with Crippen LogP contribution in [0.3, 0.4) is 0 Å². The molecular weight excluding hydrogens is 126 g/mol. The Morgan fingerprint density at radius 1 is 1.60 bits per heavy atom. The van der Waals surface area contributed by atoms with E-state index in [0.29, 0.717) is 6.10 Å². The molecule has 1 N–H and O–H groups in total. The Bertz CT molecular complexity index is 91.3. The van der Waals surface area contributed by atoms with Crippen LogP contribution in [0.1, 0.15) is 13.8 Å². The zero-order valence-corrected chi connectivity index (χ0v) is 7.05. The van der Waals surface area contributed by atoms with Crippen LogP contribution in [0.25, 0.3) is 0 Å². The van der Waals surface area contributed by atoms with Crippen molar-refractivity contribution in [2.24, 2.45) is 0 Å². The molecule has 0 saturated heterocycles. The minimum atomic E-state index is 0.307. The van der Waals surface area contributed by atoms with E-state index in [-0.39, 0.29) is 0 Å². The molecule has 0 heterocycles. The number of rotatable bonds is 5. The van der Waals surface area contributed by atoms with E-state index in [1.54, 1.807) is 0 Å². The van der Waals surface area contributed by atoms with Gasteiger partial charge >= 0.3 is 0 Å². The molecule has 0 radical (unpaired) electrons. The van der Waals surface area contributed by atoms with Crippen LogP contribution in [0.5, 0.6) is 0 Å². The summed E-state index contributed by atoms with van der Waals surface area (Å²) in [7, 11) is 1.93. The lowest BCUT2D eigenvalue weighted by molar-refractivity contribution is 0.0894. The number of hydrogen-bond donors (Lipinski definition) is 1. The molecule has 0 saturated carbocycles. The second-order valence-corrected chi connectivity index (χ2v) is 2.27. The van der Waals surface area contributed by atoms with Crippen molar-refractivity contribution < 1.29 is 4.74 Å². The van der Waals surface area contributed by atoms with Gasteiger partial charge < -0.3 is 10.1 Å². The molecule has 1 unspecified atom stereocenters. The number of nitrogens with one attached hydrogen (secondary N) is 1. The highest BCUT2D eigenvalue weighted by Crippen LogP contribution is 1.87. The van der Waals surface area contributed by atoms with Crippen molar-refractivity contribution in [3.63, 3.8) is 0 Å². The van der Waals surface area contributed by atoms with E-state index < -0.39 is 0 Å². The first kappa shape index (κ1) is 9.66. The SMILES string of the molecule is CC=CCOC(C)CNC. The molecule has 0 spiro atoms. The van der Waals surface area contributed by atoms with Crippen LogP contribution in [0.2, 0.25) is 0 Å². The molecule has 0 bridgehead atoms. The van der Waals surface area contributed by atoms with Crippen LogP contribution in [-0.4, -0.2) is 26.3 Å². The lowest BCUT2D eigenvalue weighted by Gasteiger charge is -2.09. The summed E-state index contributed by atoms with van der Waals surface area (Å²) in [4.78, 5) is 0. The number of allylic oxidation sites excluding steroid dienone is 1. The Balaban J connectivity index is 3.12.